The fourth-order valence-electron chi connectivity index (χ4n) is 2.26. The molecule has 0 N–H and O–H groups in total. The molecule has 2 aromatic heterocycles. The predicted octanol–water partition coefficient (Wildman–Crippen LogP) is 3.97. The maximum Gasteiger partial charge on any atom is 0.336 e. The number of ether oxygens (including phenoxy) is 1. The van der Waals surface area contributed by atoms with Crippen molar-refractivity contribution in [2.75, 3.05) is 0 Å². The summed E-state index contributed by atoms with van der Waals surface area (Å²) in [6.07, 6.45) is 1.72. The molecular formula is C18H19NO4. The van der Waals surface area contributed by atoms with Crippen LogP contribution in [0.5, 0.6) is 5.75 Å². The third kappa shape index (κ3) is 3.28. The molecule has 0 aliphatic heterocycles. The molecule has 0 aliphatic carbocycles. The van der Waals surface area contributed by atoms with Crippen molar-refractivity contribution in [3.8, 4) is 5.75 Å². The summed E-state index contributed by atoms with van der Waals surface area (Å²) in [7, 11) is 0. The lowest BCUT2D eigenvalue weighted by Gasteiger charge is -2.13. The molecule has 0 spiro atoms. The molecule has 120 valence electrons. The SMILES string of the molecule is Cc1cc(=O)oc2cc(OCc3ncc(C(C)(C)C)o3)ccc12. The Kier molecular flexibility index (Phi) is 3.72. The molecule has 1 aromatic carbocycles. The van der Waals surface area contributed by atoms with Gasteiger partial charge in [0.1, 0.15) is 17.1 Å². The van der Waals surface area contributed by atoms with E-state index >= 15 is 0 Å². The van der Waals surface area contributed by atoms with E-state index in [2.05, 4.69) is 25.8 Å². The Hall–Kier alpha value is -2.56. The van der Waals surface area contributed by atoms with Gasteiger partial charge in [-0.2, -0.15) is 0 Å². The average Bonchev–Trinajstić information content (AvgIpc) is 2.93. The van der Waals surface area contributed by atoms with Gasteiger partial charge < -0.3 is 13.6 Å². The maximum absolute atomic E-state index is 11.5. The Morgan fingerprint density at radius 1 is 1.17 bits per heavy atom. The zero-order valence-corrected chi connectivity index (χ0v) is 13.7. The van der Waals surface area contributed by atoms with Crippen molar-refractivity contribution in [3.05, 3.63) is 58.1 Å². The first-order valence-corrected chi connectivity index (χ1v) is 7.45. The molecule has 0 unspecified atom stereocenters. The molecular weight excluding hydrogens is 294 g/mol. The van der Waals surface area contributed by atoms with Gasteiger partial charge in [0.15, 0.2) is 6.61 Å². The zero-order valence-electron chi connectivity index (χ0n) is 13.7. The van der Waals surface area contributed by atoms with Crippen LogP contribution in [0, 0.1) is 6.92 Å². The van der Waals surface area contributed by atoms with E-state index in [1.54, 1.807) is 12.3 Å². The van der Waals surface area contributed by atoms with Gasteiger partial charge in [-0.05, 0) is 24.6 Å². The van der Waals surface area contributed by atoms with E-state index in [4.69, 9.17) is 13.6 Å². The van der Waals surface area contributed by atoms with Crippen LogP contribution in [0.2, 0.25) is 0 Å². The minimum absolute atomic E-state index is 0.0882. The molecule has 5 heteroatoms. The van der Waals surface area contributed by atoms with E-state index in [1.807, 2.05) is 19.1 Å². The first kappa shape index (κ1) is 15.3. The molecule has 5 nitrogen and oxygen atoms in total. The molecule has 3 aromatic rings. The Balaban J connectivity index is 1.79. The maximum atomic E-state index is 11.5. The highest BCUT2D eigenvalue weighted by Gasteiger charge is 2.19. The largest absolute Gasteiger partial charge is 0.484 e. The fourth-order valence-corrected chi connectivity index (χ4v) is 2.26. The van der Waals surface area contributed by atoms with Crippen molar-refractivity contribution in [3.63, 3.8) is 0 Å². The predicted molar refractivity (Wildman–Crippen MR) is 86.8 cm³/mol. The van der Waals surface area contributed by atoms with Crippen LogP contribution in [0.1, 0.15) is 38.0 Å². The molecule has 23 heavy (non-hydrogen) atoms. The van der Waals surface area contributed by atoms with Crippen LogP contribution in [0.15, 0.2) is 44.1 Å². The standard InChI is InChI=1S/C18H19NO4/c1-11-7-17(20)22-14-8-12(5-6-13(11)14)21-10-16-19-9-15(23-16)18(2,3)4/h5-9H,10H2,1-4H3. The number of oxazole rings is 1. The number of aryl methyl sites for hydroxylation is 1. The molecule has 3 rings (SSSR count). The van der Waals surface area contributed by atoms with Gasteiger partial charge in [0.05, 0.1) is 6.20 Å². The topological polar surface area (TPSA) is 65.5 Å². The molecule has 0 fully saturated rings. The smallest absolute Gasteiger partial charge is 0.336 e. The molecule has 0 saturated heterocycles. The van der Waals surface area contributed by atoms with E-state index in [-0.39, 0.29) is 17.6 Å². The molecule has 2 heterocycles. The van der Waals surface area contributed by atoms with E-state index < -0.39 is 0 Å². The van der Waals surface area contributed by atoms with Gasteiger partial charge in [-0.3, -0.25) is 0 Å². The average molecular weight is 313 g/mol. The van der Waals surface area contributed by atoms with Crippen LogP contribution in [0.4, 0.5) is 0 Å². The van der Waals surface area contributed by atoms with Crippen LogP contribution >= 0.6 is 0 Å². The molecule has 0 amide bonds. The fraction of sp³-hybridized carbons (Fsp3) is 0.333. The normalized spacial score (nSPS) is 11.8. The van der Waals surface area contributed by atoms with Crippen molar-refractivity contribution in [2.45, 2.75) is 39.7 Å². The van der Waals surface area contributed by atoms with Crippen molar-refractivity contribution in [1.82, 2.24) is 4.98 Å². The van der Waals surface area contributed by atoms with Crippen molar-refractivity contribution < 1.29 is 13.6 Å². The van der Waals surface area contributed by atoms with E-state index in [0.717, 1.165) is 16.7 Å². The van der Waals surface area contributed by atoms with Crippen LogP contribution in [0.3, 0.4) is 0 Å². The number of fused-ring (bicyclic) bond motifs is 1. The zero-order chi connectivity index (χ0) is 16.6. The second-order valence-electron chi connectivity index (χ2n) is 6.56. The lowest BCUT2D eigenvalue weighted by molar-refractivity contribution is 0.252. The van der Waals surface area contributed by atoms with Crippen molar-refractivity contribution >= 4 is 11.0 Å². The van der Waals surface area contributed by atoms with E-state index in [9.17, 15) is 4.79 Å². The summed E-state index contributed by atoms with van der Waals surface area (Å²) in [5, 5.41) is 0.892. The number of aromatic nitrogens is 1. The molecule has 0 bridgehead atoms. The second-order valence-corrected chi connectivity index (χ2v) is 6.56. The summed E-state index contributed by atoms with van der Waals surface area (Å²) in [6, 6.07) is 6.89. The van der Waals surface area contributed by atoms with Crippen LogP contribution < -0.4 is 10.4 Å². The van der Waals surface area contributed by atoms with Gasteiger partial charge in [-0.25, -0.2) is 9.78 Å². The molecule has 0 radical (unpaired) electrons. The van der Waals surface area contributed by atoms with Gasteiger partial charge in [0, 0.05) is 22.9 Å². The summed E-state index contributed by atoms with van der Waals surface area (Å²) in [5.41, 5.74) is 0.935. The first-order chi connectivity index (χ1) is 10.8. The number of benzene rings is 1. The third-order valence-corrected chi connectivity index (χ3v) is 3.58. The van der Waals surface area contributed by atoms with E-state index in [1.165, 1.54) is 6.07 Å². The lowest BCUT2D eigenvalue weighted by Crippen LogP contribution is -2.09. The number of hydrogen-bond donors (Lipinski definition) is 0. The molecule has 0 saturated carbocycles. The van der Waals surface area contributed by atoms with Gasteiger partial charge in [-0.15, -0.1) is 0 Å². The summed E-state index contributed by atoms with van der Waals surface area (Å²) in [4.78, 5) is 15.7. The third-order valence-electron chi connectivity index (χ3n) is 3.58. The van der Waals surface area contributed by atoms with Gasteiger partial charge in [0.25, 0.3) is 0 Å². The highest BCUT2D eigenvalue weighted by Crippen LogP contribution is 2.25. The molecule has 0 atom stereocenters. The number of rotatable bonds is 3. The highest BCUT2D eigenvalue weighted by atomic mass is 16.5. The highest BCUT2D eigenvalue weighted by molar-refractivity contribution is 5.81. The van der Waals surface area contributed by atoms with Gasteiger partial charge >= 0.3 is 5.63 Å². The second kappa shape index (κ2) is 5.57. The minimum Gasteiger partial charge on any atom is -0.484 e. The van der Waals surface area contributed by atoms with Crippen molar-refractivity contribution in [2.24, 2.45) is 0 Å². The van der Waals surface area contributed by atoms with Crippen LogP contribution in [-0.4, -0.2) is 4.98 Å². The molecule has 0 aliphatic rings. The summed E-state index contributed by atoms with van der Waals surface area (Å²) in [6.45, 7) is 8.28. The quantitative estimate of drug-likeness (QED) is 0.685. The van der Waals surface area contributed by atoms with Crippen LogP contribution in [-0.2, 0) is 12.0 Å². The monoisotopic (exact) mass is 313 g/mol. The number of hydrogen-bond acceptors (Lipinski definition) is 5. The summed E-state index contributed by atoms with van der Waals surface area (Å²) >= 11 is 0. The van der Waals surface area contributed by atoms with Crippen molar-refractivity contribution in [1.29, 1.82) is 0 Å². The lowest BCUT2D eigenvalue weighted by atomic mass is 9.94. The summed E-state index contributed by atoms with van der Waals surface area (Å²) in [5.74, 6) is 1.93. The van der Waals surface area contributed by atoms with Crippen LogP contribution in [0.25, 0.3) is 11.0 Å². The van der Waals surface area contributed by atoms with E-state index in [0.29, 0.717) is 17.2 Å². The minimum atomic E-state index is -0.366. The Morgan fingerprint density at radius 3 is 2.65 bits per heavy atom. The van der Waals surface area contributed by atoms with Gasteiger partial charge in [0.2, 0.25) is 5.89 Å². The van der Waals surface area contributed by atoms with Gasteiger partial charge in [-0.1, -0.05) is 20.8 Å². The Labute approximate surface area is 133 Å². The Bertz CT molecular complexity index is 899. The number of nitrogens with zero attached hydrogens (tertiary/aromatic N) is 1. The Morgan fingerprint density at radius 2 is 1.96 bits per heavy atom. The summed E-state index contributed by atoms with van der Waals surface area (Å²) < 4.78 is 16.6. The first-order valence-electron chi connectivity index (χ1n) is 7.45.